The Morgan fingerprint density at radius 3 is 2.53 bits per heavy atom. The van der Waals surface area contributed by atoms with Gasteiger partial charge in [0, 0.05) is 12.1 Å². The van der Waals surface area contributed by atoms with Crippen LogP contribution in [0, 0.1) is 0 Å². The van der Waals surface area contributed by atoms with Crippen LogP contribution in [0.1, 0.15) is 12.0 Å². The van der Waals surface area contributed by atoms with Crippen LogP contribution >= 0.6 is 0 Å². The zero-order valence-electron chi connectivity index (χ0n) is 10.6. The molecule has 0 unspecified atom stereocenters. The van der Waals surface area contributed by atoms with Gasteiger partial charge < -0.3 is 5.73 Å². The Morgan fingerprint density at radius 1 is 0.947 bits per heavy atom. The van der Waals surface area contributed by atoms with Gasteiger partial charge in [0.2, 0.25) is 0 Å². The van der Waals surface area contributed by atoms with E-state index in [0.717, 1.165) is 17.7 Å². The molecular weight excluding hydrogens is 230 g/mol. The van der Waals surface area contributed by atoms with Crippen LogP contribution in [0.5, 0.6) is 0 Å². The second kappa shape index (κ2) is 5.01. The lowest BCUT2D eigenvalue weighted by molar-refractivity contribution is 1.16. The van der Waals surface area contributed by atoms with E-state index >= 15 is 0 Å². The predicted octanol–water partition coefficient (Wildman–Crippen LogP) is 3.89. The first-order chi connectivity index (χ1) is 9.33. The quantitative estimate of drug-likeness (QED) is 0.786. The SMILES string of the molecule is NC1=CC(c2ccccc2)=CC(C2=CC=C=C2)=CC1. The molecule has 0 fully saturated rings. The van der Waals surface area contributed by atoms with E-state index in [1.165, 1.54) is 16.7 Å². The molecule has 3 rings (SSSR count). The van der Waals surface area contributed by atoms with Gasteiger partial charge in [-0.3, -0.25) is 0 Å². The van der Waals surface area contributed by atoms with E-state index in [0.29, 0.717) is 0 Å². The van der Waals surface area contributed by atoms with E-state index < -0.39 is 0 Å². The van der Waals surface area contributed by atoms with Crippen LogP contribution in [0.15, 0.2) is 89.4 Å². The third-order valence-corrected chi connectivity index (χ3v) is 3.25. The molecule has 1 nitrogen and oxygen atoms in total. The van der Waals surface area contributed by atoms with E-state index in [2.05, 4.69) is 42.2 Å². The van der Waals surface area contributed by atoms with Gasteiger partial charge in [-0.15, -0.1) is 5.73 Å². The Hall–Kier alpha value is -2.50. The molecule has 0 aliphatic heterocycles. The van der Waals surface area contributed by atoms with Crippen molar-refractivity contribution in [3.8, 4) is 0 Å². The Balaban J connectivity index is 2.03. The topological polar surface area (TPSA) is 26.0 Å². The van der Waals surface area contributed by atoms with E-state index in [9.17, 15) is 0 Å². The molecule has 0 aromatic heterocycles. The third kappa shape index (κ3) is 2.52. The number of hydrogen-bond donors (Lipinski definition) is 1. The van der Waals surface area contributed by atoms with Crippen molar-refractivity contribution in [2.45, 2.75) is 6.42 Å². The van der Waals surface area contributed by atoms with Crippen LogP contribution in [-0.2, 0) is 0 Å². The Morgan fingerprint density at radius 2 is 1.79 bits per heavy atom. The number of rotatable bonds is 2. The van der Waals surface area contributed by atoms with Crippen LogP contribution in [0.2, 0.25) is 0 Å². The smallest absolute Gasteiger partial charge is 0.0125 e. The number of allylic oxidation sites excluding steroid dienone is 8. The standard InChI is InChI=1S/C18H15N/c19-18-11-10-16(14-8-4-5-9-14)12-17(13-18)15-6-2-1-3-7-15/h1-4,6-10,12-13H,11,19H2. The Labute approximate surface area is 113 Å². The van der Waals surface area contributed by atoms with Gasteiger partial charge in [0.15, 0.2) is 0 Å². The van der Waals surface area contributed by atoms with Gasteiger partial charge in [-0.1, -0.05) is 36.4 Å². The molecule has 0 saturated carbocycles. The summed E-state index contributed by atoms with van der Waals surface area (Å²) in [5.74, 6) is 0. The van der Waals surface area contributed by atoms with Crippen LogP contribution in [0.3, 0.4) is 0 Å². The molecule has 92 valence electrons. The van der Waals surface area contributed by atoms with Crippen molar-refractivity contribution in [3.63, 3.8) is 0 Å². The third-order valence-electron chi connectivity index (χ3n) is 3.25. The van der Waals surface area contributed by atoms with Gasteiger partial charge >= 0.3 is 0 Å². The van der Waals surface area contributed by atoms with Gasteiger partial charge in [-0.05, 0) is 52.7 Å². The molecule has 2 N–H and O–H groups in total. The highest BCUT2D eigenvalue weighted by Gasteiger charge is 2.08. The molecule has 1 aromatic carbocycles. The molecule has 19 heavy (non-hydrogen) atoms. The molecular formula is C18H15N. The van der Waals surface area contributed by atoms with E-state index in [-0.39, 0.29) is 0 Å². The van der Waals surface area contributed by atoms with Gasteiger partial charge in [-0.2, -0.15) is 0 Å². The average Bonchev–Trinajstić information content (AvgIpc) is 2.90. The van der Waals surface area contributed by atoms with Gasteiger partial charge in [-0.25, -0.2) is 0 Å². The number of benzene rings is 1. The van der Waals surface area contributed by atoms with E-state index in [1.54, 1.807) is 0 Å². The van der Waals surface area contributed by atoms with Gasteiger partial charge in [0.25, 0.3) is 0 Å². The monoisotopic (exact) mass is 245 g/mol. The molecule has 2 aliphatic rings. The molecule has 0 bridgehead atoms. The van der Waals surface area contributed by atoms with Crippen molar-refractivity contribution in [1.82, 2.24) is 0 Å². The summed E-state index contributed by atoms with van der Waals surface area (Å²) in [6.07, 6.45) is 13.2. The molecule has 1 aromatic rings. The zero-order valence-corrected chi connectivity index (χ0v) is 10.6. The maximum atomic E-state index is 6.05. The molecule has 0 atom stereocenters. The number of nitrogens with two attached hydrogens (primary N) is 1. The second-order valence-corrected chi connectivity index (χ2v) is 4.65. The Bertz CT molecular complexity index is 676. The minimum Gasteiger partial charge on any atom is -0.402 e. The van der Waals surface area contributed by atoms with Crippen molar-refractivity contribution in [2.75, 3.05) is 0 Å². The summed E-state index contributed by atoms with van der Waals surface area (Å²) >= 11 is 0. The van der Waals surface area contributed by atoms with Crippen LogP contribution in [0.25, 0.3) is 5.57 Å². The highest BCUT2D eigenvalue weighted by Crippen LogP contribution is 2.27. The highest BCUT2D eigenvalue weighted by atomic mass is 14.6. The normalized spacial score (nSPS) is 17.5. The molecule has 0 amide bonds. The summed E-state index contributed by atoms with van der Waals surface area (Å²) < 4.78 is 0. The maximum absolute atomic E-state index is 6.05. The van der Waals surface area contributed by atoms with Crippen molar-refractivity contribution < 1.29 is 0 Å². The fourth-order valence-corrected chi connectivity index (χ4v) is 2.26. The molecule has 0 heterocycles. The van der Waals surface area contributed by atoms with Gasteiger partial charge in [0.1, 0.15) is 0 Å². The summed E-state index contributed by atoms with van der Waals surface area (Å²) in [7, 11) is 0. The lowest BCUT2D eigenvalue weighted by atomic mass is 10.00. The van der Waals surface area contributed by atoms with E-state index in [4.69, 9.17) is 5.73 Å². The lowest BCUT2D eigenvalue weighted by Gasteiger charge is -2.04. The summed E-state index contributed by atoms with van der Waals surface area (Å²) in [5.41, 5.74) is 14.8. The predicted molar refractivity (Wildman–Crippen MR) is 80.1 cm³/mol. The van der Waals surface area contributed by atoms with Gasteiger partial charge in [0.05, 0.1) is 0 Å². The average molecular weight is 245 g/mol. The van der Waals surface area contributed by atoms with Crippen LogP contribution in [-0.4, -0.2) is 0 Å². The fourth-order valence-electron chi connectivity index (χ4n) is 2.26. The van der Waals surface area contributed by atoms with Crippen molar-refractivity contribution in [3.05, 3.63) is 94.9 Å². The first-order valence-corrected chi connectivity index (χ1v) is 6.39. The van der Waals surface area contributed by atoms with Crippen LogP contribution < -0.4 is 5.73 Å². The zero-order chi connectivity index (χ0) is 13.1. The molecule has 0 spiro atoms. The summed E-state index contributed by atoms with van der Waals surface area (Å²) in [6, 6.07) is 10.3. The Kier molecular flexibility index (Phi) is 3.06. The van der Waals surface area contributed by atoms with Crippen molar-refractivity contribution in [1.29, 1.82) is 0 Å². The first-order valence-electron chi connectivity index (χ1n) is 6.39. The molecule has 0 radical (unpaired) electrons. The van der Waals surface area contributed by atoms with Crippen LogP contribution in [0.4, 0.5) is 0 Å². The first kappa shape index (κ1) is 11.6. The summed E-state index contributed by atoms with van der Waals surface area (Å²) in [4.78, 5) is 0. The molecule has 1 heteroatoms. The summed E-state index contributed by atoms with van der Waals surface area (Å²) in [5, 5.41) is 0. The summed E-state index contributed by atoms with van der Waals surface area (Å²) in [6.45, 7) is 0. The van der Waals surface area contributed by atoms with Crippen molar-refractivity contribution >= 4 is 5.57 Å². The van der Waals surface area contributed by atoms with Crippen molar-refractivity contribution in [2.24, 2.45) is 5.73 Å². The molecule has 0 saturated heterocycles. The largest absolute Gasteiger partial charge is 0.402 e. The van der Waals surface area contributed by atoms with E-state index in [1.807, 2.05) is 30.4 Å². The maximum Gasteiger partial charge on any atom is 0.0125 e. The minimum atomic E-state index is 0.785. The lowest BCUT2D eigenvalue weighted by Crippen LogP contribution is -1.95. The molecule has 2 aliphatic carbocycles. The minimum absolute atomic E-state index is 0.785. The number of hydrogen-bond acceptors (Lipinski definition) is 1. The second-order valence-electron chi connectivity index (χ2n) is 4.65. The fraction of sp³-hybridized carbons (Fsp3) is 0.0556. The highest BCUT2D eigenvalue weighted by molar-refractivity contribution is 5.79.